The highest BCUT2D eigenvalue weighted by Crippen LogP contribution is 2.33. The topological polar surface area (TPSA) is 82.6 Å². The first-order chi connectivity index (χ1) is 15.4. The molecule has 1 aliphatic heterocycles. The lowest BCUT2D eigenvalue weighted by Crippen LogP contribution is -2.33. The van der Waals surface area contributed by atoms with E-state index in [-0.39, 0.29) is 17.3 Å². The van der Waals surface area contributed by atoms with Crippen LogP contribution >= 0.6 is 0 Å². The van der Waals surface area contributed by atoms with Crippen molar-refractivity contribution in [2.75, 3.05) is 42.9 Å². The van der Waals surface area contributed by atoms with Crippen molar-refractivity contribution < 1.29 is 13.9 Å². The Labute approximate surface area is 185 Å². The maximum absolute atomic E-state index is 14.3. The molecule has 2 N–H and O–H groups in total. The van der Waals surface area contributed by atoms with Crippen molar-refractivity contribution in [3.8, 4) is 5.75 Å². The first-order valence-corrected chi connectivity index (χ1v) is 9.99. The summed E-state index contributed by atoms with van der Waals surface area (Å²) in [6.07, 6.45) is 1.04. The van der Waals surface area contributed by atoms with Crippen LogP contribution in [-0.2, 0) is 4.79 Å². The number of rotatable bonds is 6. The fourth-order valence-electron chi connectivity index (χ4n) is 3.24. The Morgan fingerprint density at radius 2 is 2.03 bits per heavy atom. The number of benzene rings is 2. The summed E-state index contributed by atoms with van der Waals surface area (Å²) >= 11 is 0. The van der Waals surface area contributed by atoms with E-state index in [9.17, 15) is 9.18 Å². The molecule has 0 unspecified atom stereocenters. The summed E-state index contributed by atoms with van der Waals surface area (Å²) in [7, 11) is 3.46. The molecule has 9 heteroatoms. The zero-order valence-corrected chi connectivity index (χ0v) is 17.8. The van der Waals surface area contributed by atoms with Crippen LogP contribution in [-0.4, -0.2) is 48.1 Å². The highest BCUT2D eigenvalue weighted by Gasteiger charge is 2.18. The van der Waals surface area contributed by atoms with Gasteiger partial charge in [0.2, 0.25) is 5.95 Å². The number of likely N-dealkylation sites (N-methyl/N-ethyl adjacent to an activating group) is 2. The van der Waals surface area contributed by atoms with Gasteiger partial charge in [-0.05, 0) is 23.8 Å². The molecule has 0 bridgehead atoms. The zero-order valence-electron chi connectivity index (χ0n) is 17.8. The van der Waals surface area contributed by atoms with E-state index in [2.05, 4.69) is 32.2 Å². The molecule has 0 radical (unpaired) electrons. The van der Waals surface area contributed by atoms with Crippen molar-refractivity contribution in [1.29, 1.82) is 0 Å². The Kier molecular flexibility index (Phi) is 5.89. The highest BCUT2D eigenvalue weighted by atomic mass is 19.1. The van der Waals surface area contributed by atoms with Crippen molar-refractivity contribution >= 4 is 34.6 Å². The molecule has 0 atom stereocenters. The summed E-state index contributed by atoms with van der Waals surface area (Å²) in [4.78, 5) is 22.9. The first kappa shape index (κ1) is 21.1. The van der Waals surface area contributed by atoms with E-state index in [0.29, 0.717) is 12.2 Å². The number of hydrogen-bond acceptors (Lipinski definition) is 7. The highest BCUT2D eigenvalue weighted by molar-refractivity contribution is 6.18. The number of carbonyl (C=O) groups is 1. The number of hydrazine groups is 1. The van der Waals surface area contributed by atoms with Crippen LogP contribution in [0.15, 0.2) is 61.3 Å². The van der Waals surface area contributed by atoms with Gasteiger partial charge in [-0.2, -0.15) is 4.98 Å². The first-order valence-electron chi connectivity index (χ1n) is 9.99. The molecule has 0 saturated heterocycles. The number of halogens is 1. The average molecular weight is 434 g/mol. The Hall–Kier alpha value is -4.14. The summed E-state index contributed by atoms with van der Waals surface area (Å²) in [6.45, 7) is 5.26. The van der Waals surface area contributed by atoms with E-state index in [0.717, 1.165) is 34.9 Å². The summed E-state index contributed by atoms with van der Waals surface area (Å²) in [5, 5.41) is 4.20. The summed E-state index contributed by atoms with van der Waals surface area (Å²) < 4.78 is 20.0. The summed E-state index contributed by atoms with van der Waals surface area (Å²) in [5.74, 6) is -0.278. The maximum Gasteiger partial charge on any atom is 0.271 e. The van der Waals surface area contributed by atoms with E-state index in [1.807, 2.05) is 43.4 Å². The Bertz CT molecular complexity index is 1150. The minimum absolute atomic E-state index is 0.141. The summed E-state index contributed by atoms with van der Waals surface area (Å²) in [5.41, 5.74) is 5.28. The fraction of sp³-hybridized carbons (Fsp3) is 0.174. The predicted octanol–water partition coefficient (Wildman–Crippen LogP) is 3.69. The smallest absolute Gasteiger partial charge is 0.271 e. The normalized spacial score (nSPS) is 12.4. The number of anilines is 4. The molecule has 8 nitrogen and oxygen atoms in total. The van der Waals surface area contributed by atoms with E-state index >= 15 is 0 Å². The van der Waals surface area contributed by atoms with Crippen LogP contribution in [0.25, 0.3) is 5.57 Å². The fourth-order valence-corrected chi connectivity index (χ4v) is 3.24. The lowest BCUT2D eigenvalue weighted by Gasteiger charge is -2.28. The molecular formula is C23H23FN6O2. The number of fused-ring (bicyclic) bond motifs is 1. The average Bonchev–Trinajstić information content (AvgIpc) is 2.81. The third-order valence-electron chi connectivity index (χ3n) is 5.01. The van der Waals surface area contributed by atoms with Crippen molar-refractivity contribution in [1.82, 2.24) is 15.0 Å². The summed E-state index contributed by atoms with van der Waals surface area (Å²) in [6, 6.07) is 14.6. The van der Waals surface area contributed by atoms with Crippen LogP contribution in [0.3, 0.4) is 0 Å². The molecule has 0 spiro atoms. The van der Waals surface area contributed by atoms with Crippen LogP contribution in [0.4, 0.5) is 27.5 Å². The molecule has 4 rings (SSSR count). The molecule has 3 aromatic rings. The monoisotopic (exact) mass is 434 g/mol. The lowest BCUT2D eigenvalue weighted by atomic mass is 10.1. The molecule has 1 aromatic heterocycles. The van der Waals surface area contributed by atoms with Gasteiger partial charge in [0.1, 0.15) is 12.4 Å². The van der Waals surface area contributed by atoms with E-state index in [1.165, 1.54) is 7.05 Å². The second-order valence-corrected chi connectivity index (χ2v) is 7.29. The number of nitrogens with zero attached hydrogens (tertiary/aromatic N) is 4. The number of amides is 1. The van der Waals surface area contributed by atoms with E-state index < -0.39 is 11.7 Å². The Morgan fingerprint density at radius 1 is 1.25 bits per heavy atom. The number of carbonyl (C=O) groups excluding carboxylic acids is 1. The van der Waals surface area contributed by atoms with Crippen LogP contribution in [0.5, 0.6) is 5.75 Å². The van der Waals surface area contributed by atoms with Crippen LogP contribution in [0.1, 0.15) is 5.56 Å². The molecule has 164 valence electrons. The number of hydrogen-bond donors (Lipinski definition) is 2. The van der Waals surface area contributed by atoms with E-state index in [1.54, 1.807) is 12.1 Å². The van der Waals surface area contributed by atoms with Gasteiger partial charge in [0.15, 0.2) is 11.6 Å². The maximum atomic E-state index is 14.3. The lowest BCUT2D eigenvalue weighted by molar-refractivity contribution is -0.122. The van der Waals surface area contributed by atoms with Crippen molar-refractivity contribution in [3.05, 3.63) is 72.7 Å². The molecule has 32 heavy (non-hydrogen) atoms. The van der Waals surface area contributed by atoms with Gasteiger partial charge < -0.3 is 15.0 Å². The molecule has 2 heterocycles. The van der Waals surface area contributed by atoms with Gasteiger partial charge in [-0.15, -0.1) is 0 Å². The molecule has 0 aliphatic carbocycles. The number of nitrogens with one attached hydrogen (secondary N) is 2. The van der Waals surface area contributed by atoms with E-state index in [4.69, 9.17) is 4.74 Å². The van der Waals surface area contributed by atoms with Crippen LogP contribution in [0.2, 0.25) is 0 Å². The van der Waals surface area contributed by atoms with Gasteiger partial charge in [-0.25, -0.2) is 9.37 Å². The third-order valence-corrected chi connectivity index (χ3v) is 5.01. The van der Waals surface area contributed by atoms with Crippen molar-refractivity contribution in [2.24, 2.45) is 0 Å². The molecule has 2 aromatic carbocycles. The molecule has 1 amide bonds. The van der Waals surface area contributed by atoms with Crippen molar-refractivity contribution in [2.45, 2.75) is 0 Å². The minimum atomic E-state index is -0.695. The molecule has 0 saturated carbocycles. The standard InChI is InChI=1S/C23H23FN6O2/c1-15(16-7-5-4-6-8-16)22(31)30(3)28-21-18(24)14-25-23(27-21)26-17-9-10-20-19(13-17)29(2)11-12-32-20/h4-10,13-14H,1,11-12H2,2-3H3,(H2,25,26,27,28). The molecular weight excluding hydrogens is 411 g/mol. The van der Waals surface area contributed by atoms with Gasteiger partial charge in [-0.1, -0.05) is 36.9 Å². The van der Waals surface area contributed by atoms with Gasteiger partial charge in [0.25, 0.3) is 5.91 Å². The zero-order chi connectivity index (χ0) is 22.7. The quantitative estimate of drug-likeness (QED) is 0.452. The number of ether oxygens (including phenoxy) is 1. The molecule has 0 fully saturated rings. The van der Waals surface area contributed by atoms with Gasteiger partial charge >= 0.3 is 0 Å². The SMILES string of the molecule is C=C(C(=O)N(C)Nc1nc(Nc2ccc3c(c2)N(C)CCO3)ncc1F)c1ccccc1. The van der Waals surface area contributed by atoms with Gasteiger partial charge in [-0.3, -0.25) is 15.2 Å². The third kappa shape index (κ3) is 4.46. The largest absolute Gasteiger partial charge is 0.490 e. The van der Waals surface area contributed by atoms with Crippen LogP contribution < -0.4 is 20.4 Å². The minimum Gasteiger partial charge on any atom is -0.490 e. The van der Waals surface area contributed by atoms with Crippen molar-refractivity contribution in [3.63, 3.8) is 0 Å². The second-order valence-electron chi connectivity index (χ2n) is 7.29. The second kappa shape index (κ2) is 8.93. The number of aromatic nitrogens is 2. The Morgan fingerprint density at radius 3 is 2.81 bits per heavy atom. The van der Waals surface area contributed by atoms with Crippen LogP contribution in [0, 0.1) is 5.82 Å². The Balaban J connectivity index is 1.49. The van der Waals surface area contributed by atoms with Gasteiger partial charge in [0, 0.05) is 25.4 Å². The predicted molar refractivity (Wildman–Crippen MR) is 122 cm³/mol. The molecule has 1 aliphatic rings. The van der Waals surface area contributed by atoms with Gasteiger partial charge in [0.05, 0.1) is 18.4 Å².